The van der Waals surface area contributed by atoms with Crippen molar-refractivity contribution in [2.75, 3.05) is 13.1 Å². The highest BCUT2D eigenvalue weighted by Crippen LogP contribution is 2.28. The Labute approximate surface area is 220 Å². The standard InChI is InChI=1S/C28H24ClNO6S/c1-3-30(4-2)37(33,34)27-18-21(13-15-22(27)29)28(32)36-24-11-7-5-9-19(24)14-16-23(31)26-17-20-10-6-8-12-25(20)35-26/h5-18H,3-4H2,1-2H3. The molecule has 0 saturated carbocycles. The number of fused-ring (bicyclic) bond motifs is 1. The third kappa shape index (κ3) is 5.67. The van der Waals surface area contributed by atoms with Crippen LogP contribution in [0.1, 0.15) is 40.3 Å². The number of hydrogen-bond acceptors (Lipinski definition) is 6. The number of ketones is 1. The van der Waals surface area contributed by atoms with Crippen LogP contribution in [-0.2, 0) is 10.0 Å². The summed E-state index contributed by atoms with van der Waals surface area (Å²) in [4.78, 5) is 25.4. The van der Waals surface area contributed by atoms with Gasteiger partial charge in [-0.3, -0.25) is 4.79 Å². The molecule has 0 fully saturated rings. The number of hydrogen-bond donors (Lipinski definition) is 0. The lowest BCUT2D eigenvalue weighted by atomic mass is 10.1. The van der Waals surface area contributed by atoms with Gasteiger partial charge in [-0.25, -0.2) is 13.2 Å². The molecule has 0 unspecified atom stereocenters. The molecule has 0 atom stereocenters. The van der Waals surface area contributed by atoms with E-state index in [1.807, 2.05) is 18.2 Å². The summed E-state index contributed by atoms with van der Waals surface area (Å²) in [5, 5.41) is 0.829. The number of furan rings is 1. The third-order valence-corrected chi connectivity index (χ3v) is 8.23. The number of halogens is 1. The SMILES string of the molecule is CCN(CC)S(=O)(=O)c1cc(C(=O)Oc2ccccc2C=CC(=O)c2cc3ccccc3o2)ccc1Cl. The Balaban J connectivity index is 1.57. The highest BCUT2D eigenvalue weighted by Gasteiger charge is 2.26. The maximum atomic E-state index is 13.0. The largest absolute Gasteiger partial charge is 0.453 e. The van der Waals surface area contributed by atoms with Crippen molar-refractivity contribution in [3.63, 3.8) is 0 Å². The first kappa shape index (κ1) is 26.3. The second-order valence-corrected chi connectivity index (χ2v) is 10.3. The van der Waals surface area contributed by atoms with Gasteiger partial charge >= 0.3 is 5.97 Å². The van der Waals surface area contributed by atoms with Crippen molar-refractivity contribution in [3.05, 3.63) is 101 Å². The fraction of sp³-hybridized carbons (Fsp3) is 0.143. The van der Waals surface area contributed by atoms with Crippen molar-refractivity contribution in [1.82, 2.24) is 4.31 Å². The van der Waals surface area contributed by atoms with E-state index in [-0.39, 0.29) is 45.9 Å². The summed E-state index contributed by atoms with van der Waals surface area (Å²) in [5.74, 6) is -0.724. The van der Waals surface area contributed by atoms with Crippen LogP contribution in [0.4, 0.5) is 0 Å². The predicted octanol–water partition coefficient (Wildman–Crippen LogP) is 6.23. The highest BCUT2D eigenvalue weighted by atomic mass is 35.5. The second-order valence-electron chi connectivity index (χ2n) is 8.01. The number of allylic oxidation sites excluding steroid dienone is 1. The van der Waals surface area contributed by atoms with E-state index in [2.05, 4.69) is 0 Å². The highest BCUT2D eigenvalue weighted by molar-refractivity contribution is 7.89. The molecule has 0 aliphatic heterocycles. The minimum Gasteiger partial charge on any atom is -0.453 e. The van der Waals surface area contributed by atoms with Gasteiger partial charge in [0.1, 0.15) is 16.2 Å². The Morgan fingerprint density at radius 2 is 1.68 bits per heavy atom. The first-order valence-corrected chi connectivity index (χ1v) is 13.4. The number of esters is 1. The summed E-state index contributed by atoms with van der Waals surface area (Å²) in [5.41, 5.74) is 1.11. The van der Waals surface area contributed by atoms with Crippen molar-refractivity contribution in [3.8, 4) is 5.75 Å². The molecule has 4 aromatic rings. The van der Waals surface area contributed by atoms with Crippen LogP contribution in [0.5, 0.6) is 5.75 Å². The van der Waals surface area contributed by atoms with Crippen LogP contribution < -0.4 is 4.74 Å². The van der Waals surface area contributed by atoms with E-state index in [9.17, 15) is 18.0 Å². The van der Waals surface area contributed by atoms with Gasteiger partial charge in [0.2, 0.25) is 15.8 Å². The minimum atomic E-state index is -3.89. The zero-order chi connectivity index (χ0) is 26.6. The number of carbonyl (C=O) groups excluding carboxylic acids is 2. The minimum absolute atomic E-state index is 0.0101. The number of sulfonamides is 1. The first-order valence-electron chi connectivity index (χ1n) is 11.6. The summed E-state index contributed by atoms with van der Waals surface area (Å²) in [6.45, 7) is 3.96. The average Bonchev–Trinajstić information content (AvgIpc) is 3.33. The van der Waals surface area contributed by atoms with Crippen molar-refractivity contribution in [2.24, 2.45) is 0 Å². The first-order chi connectivity index (χ1) is 17.7. The fourth-order valence-electron chi connectivity index (χ4n) is 3.75. The topological polar surface area (TPSA) is 93.9 Å². The van der Waals surface area contributed by atoms with Crippen LogP contribution in [0, 0.1) is 0 Å². The predicted molar refractivity (Wildman–Crippen MR) is 143 cm³/mol. The van der Waals surface area contributed by atoms with E-state index >= 15 is 0 Å². The molecule has 1 heterocycles. The van der Waals surface area contributed by atoms with Crippen molar-refractivity contribution >= 4 is 50.4 Å². The Hall–Kier alpha value is -3.72. The number of ether oxygens (including phenoxy) is 1. The fourth-order valence-corrected chi connectivity index (χ4v) is 5.71. The Kier molecular flexibility index (Phi) is 7.92. The van der Waals surface area contributed by atoms with E-state index in [4.69, 9.17) is 20.8 Å². The molecule has 0 radical (unpaired) electrons. The van der Waals surface area contributed by atoms with E-state index in [1.54, 1.807) is 50.2 Å². The molecule has 190 valence electrons. The van der Waals surface area contributed by atoms with E-state index in [0.29, 0.717) is 11.1 Å². The van der Waals surface area contributed by atoms with Gasteiger partial charge in [0.05, 0.1) is 10.6 Å². The van der Waals surface area contributed by atoms with Crippen LogP contribution in [0.3, 0.4) is 0 Å². The zero-order valence-corrected chi connectivity index (χ0v) is 21.8. The molecule has 0 spiro atoms. The van der Waals surface area contributed by atoms with Gasteiger partial charge in [-0.1, -0.05) is 61.8 Å². The van der Waals surface area contributed by atoms with Gasteiger partial charge in [0, 0.05) is 24.0 Å². The van der Waals surface area contributed by atoms with Crippen LogP contribution in [-0.4, -0.2) is 37.6 Å². The number of nitrogens with zero attached hydrogens (tertiary/aromatic N) is 1. The average molecular weight is 538 g/mol. The number of rotatable bonds is 9. The van der Waals surface area contributed by atoms with Gasteiger partial charge < -0.3 is 9.15 Å². The second kappa shape index (κ2) is 11.1. The maximum absolute atomic E-state index is 13.0. The molecule has 0 saturated heterocycles. The molecular weight excluding hydrogens is 514 g/mol. The molecule has 0 aliphatic rings. The van der Waals surface area contributed by atoms with Gasteiger partial charge in [-0.05, 0) is 48.6 Å². The van der Waals surface area contributed by atoms with Gasteiger partial charge in [0.15, 0.2) is 5.76 Å². The lowest BCUT2D eigenvalue weighted by Gasteiger charge is -2.19. The quantitative estimate of drug-likeness (QED) is 0.109. The number of benzene rings is 3. The third-order valence-electron chi connectivity index (χ3n) is 5.69. The van der Waals surface area contributed by atoms with Gasteiger partial charge in [0.25, 0.3) is 0 Å². The molecule has 4 rings (SSSR count). The normalized spacial score (nSPS) is 11.9. The van der Waals surface area contributed by atoms with Gasteiger partial charge in [-0.15, -0.1) is 0 Å². The van der Waals surface area contributed by atoms with Crippen LogP contribution in [0.25, 0.3) is 17.0 Å². The van der Waals surface area contributed by atoms with E-state index < -0.39 is 16.0 Å². The molecule has 9 heteroatoms. The molecule has 3 aromatic carbocycles. The molecule has 7 nitrogen and oxygen atoms in total. The zero-order valence-electron chi connectivity index (χ0n) is 20.2. The van der Waals surface area contributed by atoms with Crippen molar-refractivity contribution < 1.29 is 27.2 Å². The molecule has 0 aliphatic carbocycles. The molecular formula is C28H24ClNO6S. The summed E-state index contributed by atoms with van der Waals surface area (Å²) in [7, 11) is -3.89. The number of para-hydroxylation sites is 2. The Morgan fingerprint density at radius 3 is 2.41 bits per heavy atom. The molecule has 0 bridgehead atoms. The molecule has 0 amide bonds. The van der Waals surface area contributed by atoms with E-state index in [1.165, 1.54) is 34.7 Å². The van der Waals surface area contributed by atoms with Crippen LogP contribution in [0.2, 0.25) is 5.02 Å². The van der Waals surface area contributed by atoms with Crippen LogP contribution in [0.15, 0.2) is 88.2 Å². The lowest BCUT2D eigenvalue weighted by Crippen LogP contribution is -2.31. The smallest absolute Gasteiger partial charge is 0.343 e. The monoisotopic (exact) mass is 537 g/mol. The summed E-state index contributed by atoms with van der Waals surface area (Å²) >= 11 is 6.17. The van der Waals surface area contributed by atoms with Crippen LogP contribution >= 0.6 is 11.6 Å². The Bertz CT molecular complexity index is 1570. The summed E-state index contributed by atoms with van der Waals surface area (Å²) in [6.07, 6.45) is 2.86. The lowest BCUT2D eigenvalue weighted by molar-refractivity contribution is 0.0734. The van der Waals surface area contributed by atoms with E-state index in [0.717, 1.165) is 5.39 Å². The molecule has 0 N–H and O–H groups in total. The van der Waals surface area contributed by atoms with Crippen molar-refractivity contribution in [2.45, 2.75) is 18.7 Å². The maximum Gasteiger partial charge on any atom is 0.343 e. The Morgan fingerprint density at radius 1 is 0.973 bits per heavy atom. The van der Waals surface area contributed by atoms with Crippen molar-refractivity contribution in [1.29, 1.82) is 0 Å². The number of carbonyl (C=O) groups is 2. The summed E-state index contributed by atoms with van der Waals surface area (Å²) in [6, 6.07) is 19.6. The molecule has 37 heavy (non-hydrogen) atoms. The summed E-state index contributed by atoms with van der Waals surface area (Å²) < 4.78 is 38.3. The molecule has 1 aromatic heterocycles. The van der Waals surface area contributed by atoms with Gasteiger partial charge in [-0.2, -0.15) is 4.31 Å².